The minimum absolute atomic E-state index is 0.104. The molecule has 3 N–H and O–H groups in total. The maximum atomic E-state index is 13.0. The highest BCUT2D eigenvalue weighted by Crippen LogP contribution is 2.45. The number of ether oxygens (including phenoxy) is 4. The quantitative estimate of drug-likeness (QED) is 0.0222. The number of hydrogen-bond acceptors (Lipinski definition) is 15. The van der Waals surface area contributed by atoms with Gasteiger partial charge in [0.05, 0.1) is 26.4 Å². The second kappa shape index (κ2) is 57.2. The zero-order chi connectivity index (χ0) is 63.1. The first-order valence-corrected chi connectivity index (χ1v) is 37.3. The van der Waals surface area contributed by atoms with Crippen LogP contribution in [-0.4, -0.2) is 96.7 Å². The van der Waals surface area contributed by atoms with E-state index in [1.165, 1.54) is 122 Å². The van der Waals surface area contributed by atoms with Crippen molar-refractivity contribution in [2.75, 3.05) is 39.6 Å². The molecule has 2 unspecified atom stereocenters. The van der Waals surface area contributed by atoms with Gasteiger partial charge in [-0.3, -0.25) is 37.3 Å². The van der Waals surface area contributed by atoms with E-state index in [0.29, 0.717) is 25.7 Å². The lowest BCUT2D eigenvalue weighted by Gasteiger charge is -2.21. The summed E-state index contributed by atoms with van der Waals surface area (Å²) >= 11 is 0. The fourth-order valence-electron chi connectivity index (χ4n) is 9.83. The summed E-state index contributed by atoms with van der Waals surface area (Å²) in [5.41, 5.74) is 0. The summed E-state index contributed by atoms with van der Waals surface area (Å²) < 4.78 is 68.0. The Kier molecular flexibility index (Phi) is 55.9. The van der Waals surface area contributed by atoms with E-state index in [4.69, 9.17) is 37.0 Å². The van der Waals surface area contributed by atoms with Crippen molar-refractivity contribution in [3.8, 4) is 0 Å². The molecule has 0 bridgehead atoms. The van der Waals surface area contributed by atoms with Crippen LogP contribution in [0.2, 0.25) is 0 Å². The average molecular weight is 1260 g/mol. The van der Waals surface area contributed by atoms with Gasteiger partial charge in [-0.05, 0) is 43.4 Å². The molecule has 0 aromatic carbocycles. The van der Waals surface area contributed by atoms with Gasteiger partial charge in [-0.15, -0.1) is 0 Å². The number of esters is 4. The first-order chi connectivity index (χ1) is 40.7. The number of phosphoric acid groups is 2. The summed E-state index contributed by atoms with van der Waals surface area (Å²) in [5, 5.41) is 10.5. The van der Waals surface area contributed by atoms with Gasteiger partial charge >= 0.3 is 39.5 Å². The van der Waals surface area contributed by atoms with Crippen LogP contribution in [0, 0.1) is 17.8 Å². The minimum Gasteiger partial charge on any atom is -0.462 e. The fraction of sp³-hybridized carbons (Fsp3) is 0.939. The van der Waals surface area contributed by atoms with E-state index in [9.17, 15) is 43.2 Å². The monoisotopic (exact) mass is 1250 g/mol. The lowest BCUT2D eigenvalue weighted by atomic mass is 10.0. The van der Waals surface area contributed by atoms with Gasteiger partial charge in [0.15, 0.2) is 12.2 Å². The standard InChI is InChI=1S/C66H128O17P2/c1-8-9-10-11-23-33-40-47-63(68)76-53-61(82-66(71)50-43-36-29-22-16-19-26-32-39-46-59(6)7)55-80-84(72,73)78-51-60(67)52-79-85(74,75)81-56-62(83-65(70)49-42-35-28-21-15-13-18-25-31-38-45-58(4)5)54-77-64(69)48-41-34-27-20-14-12-17-24-30-37-44-57(2)3/h57-62,67H,8-56H2,1-7H3,(H,72,73)(H,74,75)/t60-,61+,62+/m0/s1. The number of aliphatic hydroxyl groups is 1. The van der Waals surface area contributed by atoms with Crippen LogP contribution in [0.25, 0.3) is 0 Å². The van der Waals surface area contributed by atoms with Crippen molar-refractivity contribution in [3.05, 3.63) is 0 Å². The molecule has 0 aliphatic heterocycles. The normalized spacial score (nSPS) is 14.3. The molecule has 504 valence electrons. The summed E-state index contributed by atoms with van der Waals surface area (Å²) in [6.07, 6.45) is 39.0. The van der Waals surface area contributed by atoms with Crippen LogP contribution < -0.4 is 0 Å². The number of unbranched alkanes of at least 4 members (excludes halogenated alkanes) is 32. The Bertz CT molecular complexity index is 1680. The smallest absolute Gasteiger partial charge is 0.462 e. The van der Waals surface area contributed by atoms with E-state index in [0.717, 1.165) is 120 Å². The van der Waals surface area contributed by atoms with Crippen molar-refractivity contribution in [1.82, 2.24) is 0 Å². The van der Waals surface area contributed by atoms with Gasteiger partial charge in [0.25, 0.3) is 0 Å². The number of phosphoric ester groups is 2. The van der Waals surface area contributed by atoms with Gasteiger partial charge < -0.3 is 33.8 Å². The van der Waals surface area contributed by atoms with Crippen molar-refractivity contribution in [3.63, 3.8) is 0 Å². The first-order valence-electron chi connectivity index (χ1n) is 34.3. The maximum Gasteiger partial charge on any atom is 0.472 e. The number of carbonyl (C=O) groups excluding carboxylic acids is 4. The molecule has 0 amide bonds. The average Bonchev–Trinajstić information content (AvgIpc) is 3.56. The topological polar surface area (TPSA) is 237 Å². The van der Waals surface area contributed by atoms with Crippen molar-refractivity contribution >= 4 is 39.5 Å². The molecular weight excluding hydrogens is 1130 g/mol. The highest BCUT2D eigenvalue weighted by molar-refractivity contribution is 7.47. The zero-order valence-corrected chi connectivity index (χ0v) is 56.9. The van der Waals surface area contributed by atoms with Crippen LogP contribution in [0.4, 0.5) is 0 Å². The highest BCUT2D eigenvalue weighted by atomic mass is 31.2. The van der Waals surface area contributed by atoms with Crippen LogP contribution >= 0.6 is 15.6 Å². The molecule has 17 nitrogen and oxygen atoms in total. The Labute approximate surface area is 517 Å². The SMILES string of the molecule is CCCCCCCCCC(=O)OC[C@H](COP(=O)(O)OC[C@H](O)COP(=O)(O)OC[C@@H](COC(=O)CCCCCCCCCCCCC(C)C)OC(=O)CCCCCCCCCCCCC(C)C)OC(=O)CCCCCCCCCCCC(C)C. The summed E-state index contributed by atoms with van der Waals surface area (Å²) in [6.45, 7) is 11.7. The van der Waals surface area contributed by atoms with Gasteiger partial charge in [0.1, 0.15) is 19.3 Å². The Morgan fingerprint density at radius 2 is 0.541 bits per heavy atom. The van der Waals surface area contributed by atoms with E-state index >= 15 is 0 Å². The Morgan fingerprint density at radius 1 is 0.318 bits per heavy atom. The molecule has 19 heteroatoms. The Hall–Kier alpha value is -1.94. The molecule has 0 fully saturated rings. The van der Waals surface area contributed by atoms with Crippen LogP contribution in [0.3, 0.4) is 0 Å². The third-order valence-corrected chi connectivity index (χ3v) is 17.0. The van der Waals surface area contributed by atoms with E-state index in [1.54, 1.807) is 0 Å². The number of rotatable bonds is 64. The summed E-state index contributed by atoms with van der Waals surface area (Å²) in [5.74, 6) is 0.111. The minimum atomic E-state index is -4.95. The molecule has 0 spiro atoms. The molecule has 0 aromatic rings. The Morgan fingerprint density at radius 3 is 0.800 bits per heavy atom. The van der Waals surface area contributed by atoms with E-state index in [1.807, 2.05) is 0 Å². The van der Waals surface area contributed by atoms with Crippen molar-refractivity contribution < 1.29 is 80.2 Å². The number of aliphatic hydroxyl groups excluding tert-OH is 1. The molecule has 0 radical (unpaired) electrons. The molecule has 0 aliphatic carbocycles. The van der Waals surface area contributed by atoms with Gasteiger partial charge in [0.2, 0.25) is 0 Å². The lowest BCUT2D eigenvalue weighted by molar-refractivity contribution is -0.161. The maximum absolute atomic E-state index is 13.0. The second-order valence-corrected chi connectivity index (χ2v) is 28.2. The van der Waals surface area contributed by atoms with Crippen LogP contribution in [-0.2, 0) is 65.4 Å². The van der Waals surface area contributed by atoms with Crippen molar-refractivity contribution in [1.29, 1.82) is 0 Å². The second-order valence-electron chi connectivity index (χ2n) is 25.3. The van der Waals surface area contributed by atoms with Crippen molar-refractivity contribution in [2.24, 2.45) is 17.8 Å². The van der Waals surface area contributed by atoms with Crippen LogP contribution in [0.5, 0.6) is 0 Å². The largest absolute Gasteiger partial charge is 0.472 e. The third-order valence-electron chi connectivity index (χ3n) is 15.1. The summed E-state index contributed by atoms with van der Waals surface area (Å²) in [6, 6.07) is 0. The first kappa shape index (κ1) is 83.1. The van der Waals surface area contributed by atoms with E-state index in [-0.39, 0.29) is 25.7 Å². The zero-order valence-electron chi connectivity index (χ0n) is 55.1. The Balaban J connectivity index is 5.22. The summed E-state index contributed by atoms with van der Waals surface area (Å²) in [7, 11) is -9.89. The van der Waals surface area contributed by atoms with Gasteiger partial charge in [0, 0.05) is 25.7 Å². The molecule has 5 atom stereocenters. The molecule has 0 heterocycles. The molecule has 85 heavy (non-hydrogen) atoms. The predicted octanol–water partition coefficient (Wildman–Crippen LogP) is 18.3. The van der Waals surface area contributed by atoms with Crippen molar-refractivity contribution in [2.45, 2.75) is 343 Å². The fourth-order valence-corrected chi connectivity index (χ4v) is 11.4. The van der Waals surface area contributed by atoms with Gasteiger partial charge in [-0.2, -0.15) is 0 Å². The number of carbonyl (C=O) groups is 4. The molecule has 0 rings (SSSR count). The van der Waals surface area contributed by atoms with Gasteiger partial charge in [-0.25, -0.2) is 9.13 Å². The molecule has 0 aliphatic rings. The molecular formula is C66H128O17P2. The lowest BCUT2D eigenvalue weighted by Crippen LogP contribution is -2.30. The van der Waals surface area contributed by atoms with E-state index < -0.39 is 97.5 Å². The van der Waals surface area contributed by atoms with Crippen LogP contribution in [0.1, 0.15) is 325 Å². The third kappa shape index (κ3) is 60.7. The highest BCUT2D eigenvalue weighted by Gasteiger charge is 2.30. The summed E-state index contributed by atoms with van der Waals surface area (Å²) in [4.78, 5) is 72.2. The number of hydrogen-bond donors (Lipinski definition) is 3. The van der Waals surface area contributed by atoms with Crippen LogP contribution in [0.15, 0.2) is 0 Å². The molecule has 0 saturated carbocycles. The predicted molar refractivity (Wildman–Crippen MR) is 340 cm³/mol. The molecule has 0 saturated heterocycles. The van der Waals surface area contributed by atoms with Gasteiger partial charge in [-0.1, -0.05) is 273 Å². The van der Waals surface area contributed by atoms with E-state index in [2.05, 4.69) is 48.5 Å². The molecule has 0 aromatic heterocycles.